The standard InChI is InChI=1S/Al.Fe.H3P.Si/h;;1H3;. The molecule has 0 aromatic rings. The molecule has 1 atom stereocenters. The molecule has 0 bridgehead atoms. The maximum Gasteiger partial charge on any atom is 0 e. The van der Waals surface area contributed by atoms with Crippen molar-refractivity contribution < 1.29 is 17.1 Å². The van der Waals surface area contributed by atoms with Crippen LogP contribution < -0.4 is 0 Å². The number of rotatable bonds is 0. The van der Waals surface area contributed by atoms with Crippen molar-refractivity contribution in [1.29, 1.82) is 0 Å². The van der Waals surface area contributed by atoms with Gasteiger partial charge in [-0.15, -0.1) is 0 Å². The van der Waals surface area contributed by atoms with Crippen LogP contribution in [-0.4, -0.2) is 28.3 Å². The van der Waals surface area contributed by atoms with Crippen molar-refractivity contribution in [2.75, 3.05) is 0 Å². The van der Waals surface area contributed by atoms with Gasteiger partial charge in [-0.2, -0.15) is 9.90 Å². The third-order valence-corrected chi connectivity index (χ3v) is 0. The Balaban J connectivity index is 0. The van der Waals surface area contributed by atoms with E-state index in [1.165, 1.54) is 0 Å². The van der Waals surface area contributed by atoms with Crippen molar-refractivity contribution in [3.05, 3.63) is 0 Å². The molecule has 0 aliphatic rings. The van der Waals surface area contributed by atoms with Crippen molar-refractivity contribution in [3.63, 3.8) is 0 Å². The van der Waals surface area contributed by atoms with Crippen LogP contribution in [0.25, 0.3) is 0 Å². The Kier molecular flexibility index (Phi) is 243. The van der Waals surface area contributed by atoms with Crippen LogP contribution in [0.5, 0.6) is 0 Å². The van der Waals surface area contributed by atoms with E-state index in [1.54, 1.807) is 0 Å². The average Bonchev–Trinajstić information content (AvgIpc) is 0. The van der Waals surface area contributed by atoms with E-state index < -0.39 is 0 Å². The van der Waals surface area contributed by atoms with Gasteiger partial charge >= 0.3 is 0 Å². The smallest absolute Gasteiger partial charge is 0 e. The normalized spacial score (nSPS) is 0. The first-order valence-electron chi connectivity index (χ1n) is 0. The third kappa shape index (κ3) is 9.34. The summed E-state index contributed by atoms with van der Waals surface area (Å²) in [7, 11) is 0. The molecule has 0 fully saturated rings. The Hall–Kier alpha value is 1.70. The Labute approximate surface area is 55.4 Å². The third-order valence-electron chi connectivity index (χ3n) is 0. The quantitative estimate of drug-likeness (QED) is 0.312. The molecule has 0 N–H and O–H groups in total. The fourth-order valence-electron chi connectivity index (χ4n) is 0. The summed E-state index contributed by atoms with van der Waals surface area (Å²) in [6.45, 7) is 0. The van der Waals surface area contributed by atoms with Gasteiger partial charge in [-0.3, -0.25) is 0 Å². The fraction of sp³-hybridized carbons (Fsp3) is 0. The Morgan fingerprint density at radius 1 is 1.00 bits per heavy atom. The van der Waals surface area contributed by atoms with E-state index in [9.17, 15) is 0 Å². The van der Waals surface area contributed by atoms with Gasteiger partial charge in [0.1, 0.15) is 0 Å². The SMILES string of the molecule is P.[Al].[Fe].[Si]. The fourth-order valence-corrected chi connectivity index (χ4v) is 0. The van der Waals surface area contributed by atoms with Gasteiger partial charge in [-0.05, 0) is 0 Å². The van der Waals surface area contributed by atoms with Gasteiger partial charge in [0.15, 0.2) is 0 Å². The summed E-state index contributed by atoms with van der Waals surface area (Å²) < 4.78 is 0. The molecule has 0 amide bonds. The topological polar surface area (TPSA) is 0 Å². The molecule has 23 valence electrons. The van der Waals surface area contributed by atoms with Crippen molar-refractivity contribution in [1.82, 2.24) is 0 Å². The van der Waals surface area contributed by atoms with Crippen molar-refractivity contribution in [2.45, 2.75) is 0 Å². The van der Waals surface area contributed by atoms with Crippen LogP contribution in [0.2, 0.25) is 0 Å². The summed E-state index contributed by atoms with van der Waals surface area (Å²) >= 11 is 0. The molecule has 0 aromatic carbocycles. The molecule has 0 aromatic heterocycles. The summed E-state index contributed by atoms with van der Waals surface area (Å²) in [6.07, 6.45) is 0. The molecule has 0 rings (SSSR count). The first-order chi connectivity index (χ1) is 0. The largest absolute Gasteiger partial charge is 0.153 e. The minimum Gasteiger partial charge on any atom is -0.153 e. The van der Waals surface area contributed by atoms with Crippen LogP contribution in [0.3, 0.4) is 0 Å². The molecule has 7 radical (unpaired) electrons. The molecule has 0 nitrogen and oxygen atoms in total. The zero-order valence-electron chi connectivity index (χ0n) is 2.14. The molecule has 1 unspecified atom stereocenters. The monoisotopic (exact) mass is 145 g/mol. The van der Waals surface area contributed by atoms with Gasteiger partial charge in [0.2, 0.25) is 0 Å². The van der Waals surface area contributed by atoms with Crippen molar-refractivity contribution in [2.24, 2.45) is 0 Å². The summed E-state index contributed by atoms with van der Waals surface area (Å²) in [5.41, 5.74) is 0. The minimum atomic E-state index is 0. The zero-order valence-corrected chi connectivity index (χ0v) is 6.81. The zero-order chi connectivity index (χ0) is 0. The summed E-state index contributed by atoms with van der Waals surface area (Å²) in [4.78, 5) is 0. The molecule has 0 aliphatic carbocycles. The Morgan fingerprint density at radius 3 is 1.00 bits per heavy atom. The minimum absolute atomic E-state index is 0. The Bertz CT molecular complexity index is 8.00. The molecule has 0 saturated heterocycles. The van der Waals surface area contributed by atoms with Gasteiger partial charge < -0.3 is 0 Å². The predicted octanol–water partition coefficient (Wildman–Crippen LogP) is -0.706. The van der Waals surface area contributed by atoms with Gasteiger partial charge in [-0.25, -0.2) is 0 Å². The van der Waals surface area contributed by atoms with Crippen molar-refractivity contribution >= 4 is 38.2 Å². The summed E-state index contributed by atoms with van der Waals surface area (Å²) in [6, 6.07) is 0. The van der Waals surface area contributed by atoms with Crippen molar-refractivity contribution in [3.8, 4) is 0 Å². The average molecular weight is 145 g/mol. The second-order valence-electron chi connectivity index (χ2n) is 0. The molecule has 0 aliphatic heterocycles. The summed E-state index contributed by atoms with van der Waals surface area (Å²) in [5, 5.41) is 0. The molecule has 4 heavy (non-hydrogen) atoms. The van der Waals surface area contributed by atoms with Crippen LogP contribution in [0.4, 0.5) is 0 Å². The number of hydrogen-bond donors (Lipinski definition) is 0. The second-order valence-corrected chi connectivity index (χ2v) is 0. The maximum absolute atomic E-state index is 0. The van der Waals surface area contributed by atoms with Gasteiger partial charge in [0.25, 0.3) is 0 Å². The summed E-state index contributed by atoms with van der Waals surface area (Å²) in [5.74, 6) is 0. The molecule has 4 heteroatoms. The van der Waals surface area contributed by atoms with Gasteiger partial charge in [0, 0.05) is 45.4 Å². The van der Waals surface area contributed by atoms with E-state index in [2.05, 4.69) is 0 Å². The second kappa shape index (κ2) is 22.3. The van der Waals surface area contributed by atoms with Crippen LogP contribution >= 0.6 is 9.90 Å². The van der Waals surface area contributed by atoms with Gasteiger partial charge in [-0.1, -0.05) is 0 Å². The Morgan fingerprint density at radius 2 is 1.00 bits per heavy atom. The van der Waals surface area contributed by atoms with Crippen LogP contribution in [0.15, 0.2) is 0 Å². The first kappa shape index (κ1) is 43.6. The molecular weight excluding hydrogens is 142 g/mol. The van der Waals surface area contributed by atoms with Gasteiger partial charge in [0.05, 0.1) is 0 Å². The molecule has 0 saturated carbocycles. The maximum atomic E-state index is 0. The molecule has 0 spiro atoms. The number of hydrogen-bond acceptors (Lipinski definition) is 0. The van der Waals surface area contributed by atoms with Crippen LogP contribution in [0.1, 0.15) is 0 Å². The first-order valence-corrected chi connectivity index (χ1v) is 0. The van der Waals surface area contributed by atoms with E-state index in [0.29, 0.717) is 0 Å². The molecular formula is H3AlFePSi. The van der Waals surface area contributed by atoms with Crippen LogP contribution in [-0.2, 0) is 17.1 Å². The van der Waals surface area contributed by atoms with Crippen LogP contribution in [0, 0.1) is 0 Å². The van der Waals surface area contributed by atoms with E-state index in [0.717, 1.165) is 0 Å². The van der Waals surface area contributed by atoms with E-state index in [-0.39, 0.29) is 55.3 Å². The predicted molar refractivity (Wildman–Crippen MR) is 22.6 cm³/mol. The van der Waals surface area contributed by atoms with E-state index in [1.807, 2.05) is 0 Å². The molecule has 0 heterocycles. The van der Waals surface area contributed by atoms with E-state index >= 15 is 0 Å². The van der Waals surface area contributed by atoms with E-state index in [4.69, 9.17) is 0 Å².